The van der Waals surface area contributed by atoms with E-state index in [0.717, 1.165) is 30.9 Å². The molecule has 0 spiro atoms. The minimum absolute atomic E-state index is 0.156. The van der Waals surface area contributed by atoms with Crippen molar-refractivity contribution in [3.63, 3.8) is 0 Å². The number of hydrogen-bond acceptors (Lipinski definition) is 4. The highest BCUT2D eigenvalue weighted by Gasteiger charge is 2.34. The van der Waals surface area contributed by atoms with Crippen molar-refractivity contribution in [1.29, 1.82) is 0 Å². The Kier molecular flexibility index (Phi) is 2.12. The van der Waals surface area contributed by atoms with Crippen LogP contribution in [-0.2, 0) is 11.3 Å². The number of nitrogens with zero attached hydrogens (tertiary/aromatic N) is 4. The first kappa shape index (κ1) is 9.99. The van der Waals surface area contributed by atoms with Crippen LogP contribution < -0.4 is 0 Å². The molecule has 84 valence electrons. The topological polar surface area (TPSA) is 52.8 Å². The van der Waals surface area contributed by atoms with Crippen LogP contribution in [0.4, 0.5) is 0 Å². The zero-order chi connectivity index (χ0) is 11.2. The smallest absolute Gasteiger partial charge is 0.178 e. The van der Waals surface area contributed by atoms with Crippen molar-refractivity contribution < 1.29 is 4.74 Å². The van der Waals surface area contributed by atoms with Crippen LogP contribution in [0.25, 0.3) is 11.2 Å². The van der Waals surface area contributed by atoms with Gasteiger partial charge in [0.15, 0.2) is 5.65 Å². The molecule has 1 fully saturated rings. The van der Waals surface area contributed by atoms with E-state index in [1.807, 2.05) is 4.68 Å². The summed E-state index contributed by atoms with van der Waals surface area (Å²) in [6, 6.07) is 0. The molecule has 5 nitrogen and oxygen atoms in total. The van der Waals surface area contributed by atoms with Crippen molar-refractivity contribution in [2.75, 3.05) is 13.2 Å². The molecule has 1 saturated heterocycles. The van der Waals surface area contributed by atoms with Crippen LogP contribution in [0.15, 0.2) is 12.4 Å². The third-order valence-electron chi connectivity index (χ3n) is 2.75. The average molecular weight is 239 g/mol. The molecule has 0 aromatic carbocycles. The second-order valence-corrected chi connectivity index (χ2v) is 4.89. The Hall–Kier alpha value is -1.20. The minimum Gasteiger partial charge on any atom is -0.380 e. The molecule has 0 atom stereocenters. The lowest BCUT2D eigenvalue weighted by molar-refractivity contribution is -0.111. The maximum Gasteiger partial charge on any atom is 0.178 e. The van der Waals surface area contributed by atoms with Gasteiger partial charge < -0.3 is 4.74 Å². The third-order valence-corrected chi connectivity index (χ3v) is 2.93. The molecule has 1 aliphatic heterocycles. The fourth-order valence-corrected chi connectivity index (χ4v) is 1.98. The van der Waals surface area contributed by atoms with Gasteiger partial charge in [-0.2, -0.15) is 5.10 Å². The van der Waals surface area contributed by atoms with E-state index < -0.39 is 0 Å². The van der Waals surface area contributed by atoms with Crippen LogP contribution in [-0.4, -0.2) is 33.0 Å². The average Bonchev–Trinajstić information content (AvgIpc) is 2.59. The lowest BCUT2D eigenvalue weighted by Gasteiger charge is -2.37. The number of hydrogen-bond donors (Lipinski definition) is 0. The first-order chi connectivity index (χ1) is 7.66. The van der Waals surface area contributed by atoms with Gasteiger partial charge in [-0.1, -0.05) is 18.5 Å². The van der Waals surface area contributed by atoms with Gasteiger partial charge in [0.25, 0.3) is 0 Å². The van der Waals surface area contributed by atoms with E-state index >= 15 is 0 Å². The Labute approximate surface area is 97.4 Å². The Morgan fingerprint density at radius 2 is 2.31 bits per heavy atom. The monoisotopic (exact) mass is 238 g/mol. The quantitative estimate of drug-likeness (QED) is 0.796. The van der Waals surface area contributed by atoms with Gasteiger partial charge in [-0.3, -0.25) is 0 Å². The van der Waals surface area contributed by atoms with Crippen molar-refractivity contribution in [2.24, 2.45) is 5.41 Å². The van der Waals surface area contributed by atoms with Gasteiger partial charge in [0.05, 0.1) is 32.2 Å². The predicted molar refractivity (Wildman–Crippen MR) is 59.3 cm³/mol. The van der Waals surface area contributed by atoms with Crippen LogP contribution in [0.2, 0.25) is 5.15 Å². The largest absolute Gasteiger partial charge is 0.380 e. The Morgan fingerprint density at radius 3 is 3.00 bits per heavy atom. The van der Waals surface area contributed by atoms with E-state index in [-0.39, 0.29) is 5.41 Å². The highest BCUT2D eigenvalue weighted by Crippen LogP contribution is 2.29. The molecule has 6 heteroatoms. The SMILES string of the molecule is CC1(Cn2ncc3ncc(Cl)nc32)COC1. The van der Waals surface area contributed by atoms with Crippen LogP contribution in [0.5, 0.6) is 0 Å². The number of fused-ring (bicyclic) bond motifs is 1. The molecule has 0 aliphatic carbocycles. The zero-order valence-electron chi connectivity index (χ0n) is 8.85. The molecule has 0 amide bonds. The minimum atomic E-state index is 0.156. The van der Waals surface area contributed by atoms with Crippen molar-refractivity contribution in [3.05, 3.63) is 17.5 Å². The van der Waals surface area contributed by atoms with E-state index in [0.29, 0.717) is 5.15 Å². The summed E-state index contributed by atoms with van der Waals surface area (Å²) in [5, 5.41) is 4.67. The standard InChI is InChI=1S/C10H11ClN4O/c1-10(5-16-6-10)4-15-9-7(2-13-15)12-3-8(11)14-9/h2-3H,4-6H2,1H3. The van der Waals surface area contributed by atoms with Crippen LogP contribution in [0.1, 0.15) is 6.92 Å². The van der Waals surface area contributed by atoms with Gasteiger partial charge in [0, 0.05) is 5.41 Å². The highest BCUT2D eigenvalue weighted by atomic mass is 35.5. The molecule has 3 rings (SSSR count). The Bertz CT molecular complexity index is 535. The summed E-state index contributed by atoms with van der Waals surface area (Å²) < 4.78 is 7.06. The van der Waals surface area contributed by atoms with Gasteiger partial charge in [0.1, 0.15) is 10.7 Å². The summed E-state index contributed by atoms with van der Waals surface area (Å²) in [5.74, 6) is 0. The Balaban J connectivity index is 2.00. The van der Waals surface area contributed by atoms with Gasteiger partial charge in [-0.05, 0) is 0 Å². The number of rotatable bonds is 2. The van der Waals surface area contributed by atoms with E-state index in [9.17, 15) is 0 Å². The molecule has 0 N–H and O–H groups in total. The van der Waals surface area contributed by atoms with Crippen molar-refractivity contribution in [3.8, 4) is 0 Å². The molecule has 16 heavy (non-hydrogen) atoms. The summed E-state index contributed by atoms with van der Waals surface area (Å²) in [6.07, 6.45) is 3.24. The van der Waals surface area contributed by atoms with E-state index in [4.69, 9.17) is 16.3 Å². The second-order valence-electron chi connectivity index (χ2n) is 4.51. The molecular weight excluding hydrogens is 228 g/mol. The third kappa shape index (κ3) is 1.56. The summed E-state index contributed by atoms with van der Waals surface area (Å²) in [7, 11) is 0. The fourth-order valence-electron chi connectivity index (χ4n) is 1.85. The number of halogens is 1. The summed E-state index contributed by atoms with van der Waals surface area (Å²) in [6.45, 7) is 4.48. The molecule has 0 unspecified atom stereocenters. The molecule has 0 bridgehead atoms. The Morgan fingerprint density at radius 1 is 1.50 bits per heavy atom. The lowest BCUT2D eigenvalue weighted by atomic mass is 9.89. The van der Waals surface area contributed by atoms with Crippen LogP contribution in [0, 0.1) is 5.41 Å². The fraction of sp³-hybridized carbons (Fsp3) is 0.500. The van der Waals surface area contributed by atoms with E-state index in [1.165, 1.54) is 6.20 Å². The van der Waals surface area contributed by atoms with Crippen LogP contribution in [0.3, 0.4) is 0 Å². The number of ether oxygens (including phenoxy) is 1. The molecule has 1 aliphatic rings. The summed E-state index contributed by atoms with van der Waals surface area (Å²) in [4.78, 5) is 8.41. The van der Waals surface area contributed by atoms with Gasteiger partial charge >= 0.3 is 0 Å². The van der Waals surface area contributed by atoms with Crippen LogP contribution >= 0.6 is 11.6 Å². The summed E-state index contributed by atoms with van der Waals surface area (Å²) in [5.41, 5.74) is 1.66. The molecule has 3 heterocycles. The first-order valence-corrected chi connectivity index (χ1v) is 5.46. The number of aromatic nitrogens is 4. The first-order valence-electron chi connectivity index (χ1n) is 5.08. The summed E-state index contributed by atoms with van der Waals surface area (Å²) >= 11 is 5.83. The molecule has 2 aromatic rings. The molecule has 0 saturated carbocycles. The van der Waals surface area contributed by atoms with E-state index in [1.54, 1.807) is 6.20 Å². The van der Waals surface area contributed by atoms with Crippen molar-refractivity contribution in [2.45, 2.75) is 13.5 Å². The normalized spacial score (nSPS) is 18.6. The van der Waals surface area contributed by atoms with Gasteiger partial charge in [-0.15, -0.1) is 0 Å². The predicted octanol–water partition coefficient (Wildman–Crippen LogP) is 1.52. The van der Waals surface area contributed by atoms with E-state index in [2.05, 4.69) is 22.0 Å². The molecule has 2 aromatic heterocycles. The van der Waals surface area contributed by atoms with Crippen molar-refractivity contribution >= 4 is 22.8 Å². The lowest BCUT2D eigenvalue weighted by Crippen LogP contribution is -2.43. The van der Waals surface area contributed by atoms with Crippen molar-refractivity contribution in [1.82, 2.24) is 19.7 Å². The zero-order valence-corrected chi connectivity index (χ0v) is 9.61. The highest BCUT2D eigenvalue weighted by molar-refractivity contribution is 6.29. The molecular formula is C10H11ClN4O. The molecule has 0 radical (unpaired) electrons. The van der Waals surface area contributed by atoms with Gasteiger partial charge in [-0.25, -0.2) is 14.6 Å². The second kappa shape index (κ2) is 3.40. The van der Waals surface area contributed by atoms with Gasteiger partial charge in [0.2, 0.25) is 0 Å². The maximum absolute atomic E-state index is 5.83. The maximum atomic E-state index is 5.83.